The third kappa shape index (κ3) is 3.28. The van der Waals surface area contributed by atoms with Crippen LogP contribution in [0.4, 0.5) is 0 Å². The molecule has 6 heteroatoms. The van der Waals surface area contributed by atoms with Gasteiger partial charge in [0.25, 0.3) is 5.91 Å². The minimum Gasteiger partial charge on any atom is -0.348 e. The van der Waals surface area contributed by atoms with Crippen LogP contribution in [0, 0.1) is 0 Å². The number of hydrogen-bond acceptors (Lipinski definition) is 2. The quantitative estimate of drug-likeness (QED) is 0.942. The molecule has 0 fully saturated rings. The molecule has 0 unspecified atom stereocenters. The second-order valence-corrected chi connectivity index (χ2v) is 4.80. The number of halogens is 2. The van der Waals surface area contributed by atoms with Crippen LogP contribution in [-0.2, 0) is 13.1 Å². The molecule has 1 N–H and O–H groups in total. The number of nitrogens with one attached hydrogen (secondary N) is 1. The van der Waals surface area contributed by atoms with Crippen molar-refractivity contribution in [2.75, 3.05) is 0 Å². The van der Waals surface area contributed by atoms with Crippen LogP contribution in [0.3, 0.4) is 0 Å². The fourth-order valence-electron chi connectivity index (χ4n) is 1.66. The molecule has 0 spiro atoms. The van der Waals surface area contributed by atoms with E-state index in [0.717, 1.165) is 12.1 Å². The highest BCUT2D eigenvalue weighted by atomic mass is 35.5. The molecule has 2 rings (SSSR count). The first-order chi connectivity index (χ1) is 9.11. The van der Waals surface area contributed by atoms with E-state index in [4.69, 9.17) is 23.2 Å². The van der Waals surface area contributed by atoms with Crippen LogP contribution in [-0.4, -0.2) is 15.7 Å². The molecule has 1 amide bonds. The normalized spacial score (nSPS) is 10.5. The molecule has 1 heterocycles. The molecule has 0 radical (unpaired) electrons. The van der Waals surface area contributed by atoms with Gasteiger partial charge in [0.15, 0.2) is 0 Å². The number of carbonyl (C=O) groups excluding carboxylic acids is 1. The van der Waals surface area contributed by atoms with Gasteiger partial charge >= 0.3 is 0 Å². The predicted molar refractivity (Wildman–Crippen MR) is 75.5 cm³/mol. The van der Waals surface area contributed by atoms with Crippen molar-refractivity contribution in [3.05, 3.63) is 51.8 Å². The number of amides is 1. The van der Waals surface area contributed by atoms with Gasteiger partial charge in [-0.1, -0.05) is 29.3 Å². The summed E-state index contributed by atoms with van der Waals surface area (Å²) in [6.45, 7) is 3.18. The van der Waals surface area contributed by atoms with Crippen LogP contribution in [0.15, 0.2) is 30.6 Å². The Bertz CT molecular complexity index is 575. The highest BCUT2D eigenvalue weighted by molar-refractivity contribution is 6.39. The SMILES string of the molecule is CCn1cc(CNC(=O)c2c(Cl)cccc2Cl)cn1. The first-order valence-electron chi connectivity index (χ1n) is 5.85. The maximum atomic E-state index is 12.0. The Kier molecular flexibility index (Phi) is 4.45. The van der Waals surface area contributed by atoms with E-state index >= 15 is 0 Å². The topological polar surface area (TPSA) is 46.9 Å². The zero-order chi connectivity index (χ0) is 13.8. The summed E-state index contributed by atoms with van der Waals surface area (Å²) in [6.07, 6.45) is 3.60. The van der Waals surface area contributed by atoms with Crippen molar-refractivity contribution in [2.45, 2.75) is 20.0 Å². The lowest BCUT2D eigenvalue weighted by molar-refractivity contribution is 0.0951. The van der Waals surface area contributed by atoms with Gasteiger partial charge in [-0.2, -0.15) is 5.10 Å². The molecule has 0 atom stereocenters. The molecule has 0 saturated carbocycles. The highest BCUT2D eigenvalue weighted by Gasteiger charge is 2.14. The molecule has 0 saturated heterocycles. The number of carbonyl (C=O) groups is 1. The molecule has 0 aliphatic rings. The van der Waals surface area contributed by atoms with E-state index in [2.05, 4.69) is 10.4 Å². The Morgan fingerprint density at radius 3 is 2.63 bits per heavy atom. The van der Waals surface area contributed by atoms with E-state index < -0.39 is 0 Å². The number of benzene rings is 1. The zero-order valence-corrected chi connectivity index (χ0v) is 11.9. The summed E-state index contributed by atoms with van der Waals surface area (Å²) < 4.78 is 1.80. The standard InChI is InChI=1S/C13H13Cl2N3O/c1-2-18-8-9(7-17-18)6-16-13(19)12-10(14)4-3-5-11(12)15/h3-5,7-8H,2,6H2,1H3,(H,16,19). The highest BCUT2D eigenvalue weighted by Crippen LogP contribution is 2.23. The summed E-state index contributed by atoms with van der Waals surface area (Å²) in [5.74, 6) is -0.292. The Balaban J connectivity index is 2.05. The first-order valence-corrected chi connectivity index (χ1v) is 6.61. The van der Waals surface area contributed by atoms with Gasteiger partial charge in [-0.15, -0.1) is 0 Å². The fraction of sp³-hybridized carbons (Fsp3) is 0.231. The van der Waals surface area contributed by atoms with E-state index in [9.17, 15) is 4.79 Å². The zero-order valence-electron chi connectivity index (χ0n) is 10.4. The fourth-order valence-corrected chi connectivity index (χ4v) is 2.23. The van der Waals surface area contributed by atoms with Crippen LogP contribution in [0.5, 0.6) is 0 Å². The molecular weight excluding hydrogens is 285 g/mol. The number of hydrogen-bond donors (Lipinski definition) is 1. The number of rotatable bonds is 4. The Morgan fingerprint density at radius 1 is 1.37 bits per heavy atom. The van der Waals surface area contributed by atoms with E-state index in [1.54, 1.807) is 29.1 Å². The Hall–Kier alpha value is -1.52. The second kappa shape index (κ2) is 6.08. The average molecular weight is 298 g/mol. The summed E-state index contributed by atoms with van der Waals surface area (Å²) in [4.78, 5) is 12.0. The van der Waals surface area contributed by atoms with Crippen LogP contribution >= 0.6 is 23.2 Å². The maximum Gasteiger partial charge on any atom is 0.254 e. The predicted octanol–water partition coefficient (Wildman–Crippen LogP) is 3.14. The Morgan fingerprint density at radius 2 is 2.05 bits per heavy atom. The van der Waals surface area contributed by atoms with E-state index in [-0.39, 0.29) is 5.91 Å². The molecule has 4 nitrogen and oxygen atoms in total. The molecule has 0 aliphatic heterocycles. The van der Waals surface area contributed by atoms with E-state index in [1.807, 2.05) is 13.1 Å². The molecule has 0 bridgehead atoms. The van der Waals surface area contributed by atoms with Crippen molar-refractivity contribution in [2.24, 2.45) is 0 Å². The monoisotopic (exact) mass is 297 g/mol. The van der Waals surface area contributed by atoms with Crippen LogP contribution in [0.1, 0.15) is 22.8 Å². The summed E-state index contributed by atoms with van der Waals surface area (Å²) in [6, 6.07) is 4.97. The lowest BCUT2D eigenvalue weighted by Crippen LogP contribution is -2.23. The third-order valence-corrected chi connectivity index (χ3v) is 3.28. The minimum absolute atomic E-state index is 0.292. The Labute approximate surface area is 121 Å². The summed E-state index contributed by atoms with van der Waals surface area (Å²) >= 11 is 11.9. The van der Waals surface area contributed by atoms with Crippen molar-refractivity contribution >= 4 is 29.1 Å². The minimum atomic E-state index is -0.292. The summed E-state index contributed by atoms with van der Waals surface area (Å²) in [5.41, 5.74) is 1.23. The molecule has 1 aromatic carbocycles. The van der Waals surface area contributed by atoms with Crippen molar-refractivity contribution in [3.8, 4) is 0 Å². The van der Waals surface area contributed by atoms with Crippen molar-refractivity contribution < 1.29 is 4.79 Å². The van der Waals surface area contributed by atoms with Gasteiger partial charge in [0, 0.05) is 24.8 Å². The molecule has 19 heavy (non-hydrogen) atoms. The molecule has 100 valence electrons. The van der Waals surface area contributed by atoms with Gasteiger partial charge < -0.3 is 5.32 Å². The first kappa shape index (κ1) is 13.9. The largest absolute Gasteiger partial charge is 0.348 e. The lowest BCUT2D eigenvalue weighted by Gasteiger charge is -2.07. The lowest BCUT2D eigenvalue weighted by atomic mass is 10.2. The maximum absolute atomic E-state index is 12.0. The molecule has 1 aromatic heterocycles. The number of aryl methyl sites for hydroxylation is 1. The van der Waals surface area contributed by atoms with Gasteiger partial charge in [-0.3, -0.25) is 9.48 Å². The molecular formula is C13H13Cl2N3O. The van der Waals surface area contributed by atoms with Crippen LogP contribution in [0.2, 0.25) is 10.0 Å². The number of aromatic nitrogens is 2. The second-order valence-electron chi connectivity index (χ2n) is 3.98. The van der Waals surface area contributed by atoms with Gasteiger partial charge in [-0.05, 0) is 19.1 Å². The van der Waals surface area contributed by atoms with Gasteiger partial charge in [0.1, 0.15) is 0 Å². The molecule has 0 aliphatic carbocycles. The van der Waals surface area contributed by atoms with Gasteiger partial charge in [-0.25, -0.2) is 0 Å². The van der Waals surface area contributed by atoms with E-state index in [1.165, 1.54) is 0 Å². The van der Waals surface area contributed by atoms with Crippen molar-refractivity contribution in [1.82, 2.24) is 15.1 Å². The van der Waals surface area contributed by atoms with Crippen LogP contribution in [0.25, 0.3) is 0 Å². The summed E-state index contributed by atoms with van der Waals surface area (Å²) in [5, 5.41) is 7.59. The summed E-state index contributed by atoms with van der Waals surface area (Å²) in [7, 11) is 0. The van der Waals surface area contributed by atoms with Crippen molar-refractivity contribution in [1.29, 1.82) is 0 Å². The van der Waals surface area contributed by atoms with Crippen molar-refractivity contribution in [3.63, 3.8) is 0 Å². The van der Waals surface area contributed by atoms with Gasteiger partial charge in [0.05, 0.1) is 21.8 Å². The third-order valence-electron chi connectivity index (χ3n) is 2.65. The average Bonchev–Trinajstić information content (AvgIpc) is 2.84. The smallest absolute Gasteiger partial charge is 0.254 e. The van der Waals surface area contributed by atoms with Crippen LogP contribution < -0.4 is 5.32 Å². The van der Waals surface area contributed by atoms with E-state index in [0.29, 0.717) is 22.2 Å². The number of nitrogens with zero attached hydrogens (tertiary/aromatic N) is 2. The molecule has 2 aromatic rings. The van der Waals surface area contributed by atoms with Gasteiger partial charge in [0.2, 0.25) is 0 Å².